The van der Waals surface area contributed by atoms with Crippen LogP contribution in [0.15, 0.2) is 24.3 Å². The van der Waals surface area contributed by atoms with Crippen LogP contribution in [-0.2, 0) is 11.2 Å². The van der Waals surface area contributed by atoms with E-state index >= 15 is 0 Å². The van der Waals surface area contributed by atoms with Crippen LogP contribution in [0.25, 0.3) is 0 Å². The maximum absolute atomic E-state index is 11.6. The molecule has 0 amide bonds. The van der Waals surface area contributed by atoms with E-state index in [-0.39, 0.29) is 5.92 Å². The average Bonchev–Trinajstić information content (AvgIpc) is 2.27. The normalized spacial score (nSPS) is 12.8. The van der Waals surface area contributed by atoms with Crippen LogP contribution in [0.2, 0.25) is 0 Å². The quantitative estimate of drug-likeness (QED) is 0.731. The van der Waals surface area contributed by atoms with Crippen LogP contribution in [0.4, 0.5) is 0 Å². The van der Waals surface area contributed by atoms with E-state index in [1.54, 1.807) is 0 Å². The van der Waals surface area contributed by atoms with Gasteiger partial charge in [0.05, 0.1) is 0 Å². The van der Waals surface area contributed by atoms with Crippen molar-refractivity contribution >= 4 is 5.78 Å². The van der Waals surface area contributed by atoms with E-state index in [1.165, 1.54) is 5.56 Å². The molecule has 0 fully saturated rings. The van der Waals surface area contributed by atoms with Crippen LogP contribution in [0.5, 0.6) is 0 Å². The first-order valence-corrected chi connectivity index (χ1v) is 6.16. The third-order valence-electron chi connectivity index (χ3n) is 2.96. The molecule has 0 aliphatic carbocycles. The highest BCUT2D eigenvalue weighted by Crippen LogP contribution is 2.19. The number of benzene rings is 1. The largest absolute Gasteiger partial charge is 0.299 e. The van der Waals surface area contributed by atoms with Crippen molar-refractivity contribution in [2.75, 3.05) is 0 Å². The van der Waals surface area contributed by atoms with Crippen molar-refractivity contribution in [2.24, 2.45) is 5.92 Å². The van der Waals surface area contributed by atoms with Gasteiger partial charge in [-0.15, -0.1) is 0 Å². The molecule has 0 saturated carbocycles. The number of Topliss-reactive ketones (excluding diaryl/α,β-unsaturated/α-hetero) is 1. The smallest absolute Gasteiger partial charge is 0.139 e. The first-order chi connectivity index (χ1) is 7.54. The molecule has 16 heavy (non-hydrogen) atoms. The fourth-order valence-corrected chi connectivity index (χ4v) is 1.91. The van der Waals surface area contributed by atoms with Crippen LogP contribution < -0.4 is 0 Å². The van der Waals surface area contributed by atoms with E-state index in [1.807, 2.05) is 13.8 Å². The van der Waals surface area contributed by atoms with Crippen molar-refractivity contribution in [3.8, 4) is 0 Å². The summed E-state index contributed by atoms with van der Waals surface area (Å²) in [5, 5.41) is 0. The second kappa shape index (κ2) is 5.83. The van der Waals surface area contributed by atoms with Crippen molar-refractivity contribution < 1.29 is 4.79 Å². The zero-order chi connectivity index (χ0) is 12.1. The van der Waals surface area contributed by atoms with Crippen molar-refractivity contribution in [1.82, 2.24) is 0 Å². The lowest BCUT2D eigenvalue weighted by molar-refractivity contribution is -0.119. The Bertz CT molecular complexity index is 335. The van der Waals surface area contributed by atoms with Crippen LogP contribution in [-0.4, -0.2) is 5.78 Å². The Hall–Kier alpha value is -1.11. The average molecular weight is 218 g/mol. The number of rotatable bonds is 5. The molecule has 1 atom stereocenters. The van der Waals surface area contributed by atoms with E-state index < -0.39 is 0 Å². The topological polar surface area (TPSA) is 17.1 Å². The van der Waals surface area contributed by atoms with Crippen LogP contribution in [0, 0.1) is 5.92 Å². The second-order valence-electron chi connectivity index (χ2n) is 4.88. The molecule has 0 bridgehead atoms. The molecular weight excluding hydrogens is 196 g/mol. The molecule has 0 unspecified atom stereocenters. The third kappa shape index (κ3) is 3.48. The van der Waals surface area contributed by atoms with E-state index in [4.69, 9.17) is 0 Å². The van der Waals surface area contributed by atoms with E-state index in [0.29, 0.717) is 18.1 Å². The summed E-state index contributed by atoms with van der Waals surface area (Å²) in [5.74, 6) is 1.04. The molecule has 1 nitrogen and oxygen atoms in total. The molecule has 0 spiro atoms. The summed E-state index contributed by atoms with van der Waals surface area (Å²) in [7, 11) is 0. The highest BCUT2D eigenvalue weighted by atomic mass is 16.1. The molecule has 0 aliphatic rings. The minimum atomic E-state index is 0.0399. The minimum Gasteiger partial charge on any atom is -0.299 e. The standard InChI is InChI=1S/C15H22O/c1-5-15(16)12(4)14-8-6-13(7-9-14)10-11(2)3/h6-9,11-12H,5,10H2,1-4H3/t12-/m0/s1. The minimum absolute atomic E-state index is 0.0399. The van der Waals surface area contributed by atoms with Crippen LogP contribution in [0.3, 0.4) is 0 Å². The van der Waals surface area contributed by atoms with Gasteiger partial charge >= 0.3 is 0 Å². The number of hydrogen-bond donors (Lipinski definition) is 0. The zero-order valence-electron chi connectivity index (χ0n) is 10.8. The van der Waals surface area contributed by atoms with Gasteiger partial charge < -0.3 is 0 Å². The van der Waals surface area contributed by atoms with E-state index in [9.17, 15) is 4.79 Å². The molecule has 1 aromatic carbocycles. The van der Waals surface area contributed by atoms with Gasteiger partial charge in [0.25, 0.3) is 0 Å². The lowest BCUT2D eigenvalue weighted by Crippen LogP contribution is -2.07. The van der Waals surface area contributed by atoms with Gasteiger partial charge in [-0.1, -0.05) is 52.0 Å². The van der Waals surface area contributed by atoms with Gasteiger partial charge in [-0.2, -0.15) is 0 Å². The van der Waals surface area contributed by atoms with Gasteiger partial charge in [0, 0.05) is 12.3 Å². The number of hydrogen-bond acceptors (Lipinski definition) is 1. The summed E-state index contributed by atoms with van der Waals surface area (Å²) in [6, 6.07) is 8.48. The zero-order valence-corrected chi connectivity index (χ0v) is 10.8. The summed E-state index contributed by atoms with van der Waals surface area (Å²) in [6.07, 6.45) is 1.73. The van der Waals surface area contributed by atoms with Gasteiger partial charge in [-0.25, -0.2) is 0 Å². The summed E-state index contributed by atoms with van der Waals surface area (Å²) < 4.78 is 0. The number of carbonyl (C=O) groups excluding carboxylic acids is 1. The van der Waals surface area contributed by atoms with Crippen molar-refractivity contribution in [2.45, 2.75) is 46.5 Å². The fraction of sp³-hybridized carbons (Fsp3) is 0.533. The molecule has 1 rings (SSSR count). The maximum atomic E-state index is 11.6. The van der Waals surface area contributed by atoms with Crippen molar-refractivity contribution in [1.29, 1.82) is 0 Å². The van der Waals surface area contributed by atoms with E-state index in [2.05, 4.69) is 38.1 Å². The summed E-state index contributed by atoms with van der Waals surface area (Å²) in [6.45, 7) is 8.35. The Morgan fingerprint density at radius 3 is 2.12 bits per heavy atom. The molecule has 0 N–H and O–H groups in total. The van der Waals surface area contributed by atoms with Crippen LogP contribution >= 0.6 is 0 Å². The number of ketones is 1. The molecule has 1 aromatic rings. The Kier molecular flexibility index (Phi) is 4.72. The van der Waals surface area contributed by atoms with Gasteiger partial charge in [0.15, 0.2) is 0 Å². The van der Waals surface area contributed by atoms with Crippen molar-refractivity contribution in [3.63, 3.8) is 0 Å². The maximum Gasteiger partial charge on any atom is 0.139 e. The van der Waals surface area contributed by atoms with Crippen molar-refractivity contribution in [3.05, 3.63) is 35.4 Å². The molecule has 1 heteroatoms. The first kappa shape index (κ1) is 13.0. The lowest BCUT2D eigenvalue weighted by Gasteiger charge is -2.11. The summed E-state index contributed by atoms with van der Waals surface area (Å²) >= 11 is 0. The first-order valence-electron chi connectivity index (χ1n) is 6.16. The molecule has 0 aliphatic heterocycles. The van der Waals surface area contributed by atoms with Gasteiger partial charge in [0.1, 0.15) is 5.78 Å². The Labute approximate surface area is 98.9 Å². The molecule has 88 valence electrons. The molecular formula is C15H22O. The SMILES string of the molecule is CCC(=O)[C@@H](C)c1ccc(CC(C)C)cc1. The van der Waals surface area contributed by atoms with Gasteiger partial charge in [-0.3, -0.25) is 4.79 Å². The monoisotopic (exact) mass is 218 g/mol. The lowest BCUT2D eigenvalue weighted by atomic mass is 9.93. The highest BCUT2D eigenvalue weighted by molar-refractivity contribution is 5.85. The summed E-state index contributed by atoms with van der Waals surface area (Å²) in [5.41, 5.74) is 2.49. The summed E-state index contributed by atoms with van der Waals surface area (Å²) in [4.78, 5) is 11.6. The Morgan fingerprint density at radius 1 is 1.12 bits per heavy atom. The van der Waals surface area contributed by atoms with Crippen LogP contribution in [0.1, 0.15) is 51.2 Å². The second-order valence-corrected chi connectivity index (χ2v) is 4.88. The predicted octanol–water partition coefficient (Wildman–Crippen LogP) is 3.97. The Morgan fingerprint density at radius 2 is 1.69 bits per heavy atom. The highest BCUT2D eigenvalue weighted by Gasteiger charge is 2.12. The third-order valence-corrected chi connectivity index (χ3v) is 2.96. The van der Waals surface area contributed by atoms with Gasteiger partial charge in [-0.05, 0) is 23.5 Å². The fourth-order valence-electron chi connectivity index (χ4n) is 1.91. The molecule has 0 radical (unpaired) electrons. The molecule has 0 aromatic heterocycles. The Balaban J connectivity index is 2.74. The predicted molar refractivity (Wildman–Crippen MR) is 68.7 cm³/mol. The molecule has 0 heterocycles. The van der Waals surface area contributed by atoms with E-state index in [0.717, 1.165) is 12.0 Å². The van der Waals surface area contributed by atoms with Gasteiger partial charge in [0.2, 0.25) is 0 Å². The molecule has 0 saturated heterocycles. The number of carbonyl (C=O) groups is 1.